The van der Waals surface area contributed by atoms with Crippen LogP contribution in [0.15, 0.2) is 0 Å². The molecular weight excluding hydrogens is 686 g/mol. The highest BCUT2D eigenvalue weighted by atomic mass is 35.5. The molecule has 0 atom stereocenters. The average molecular weight is 759 g/mol. The van der Waals surface area contributed by atoms with Crippen molar-refractivity contribution in [2.75, 3.05) is 9.80 Å². The number of nitrogens with one attached hydrogen (secondary N) is 2. The molecule has 2 N–H and O–H groups in total. The first kappa shape index (κ1) is 42.2. The Bertz CT molecular complexity index is 1360. The third kappa shape index (κ3) is 8.90. The van der Waals surface area contributed by atoms with Crippen LogP contribution in [-0.2, 0) is 9.59 Å². The van der Waals surface area contributed by atoms with E-state index in [2.05, 4.69) is 141 Å². The minimum atomic E-state index is -0.222. The maximum absolute atomic E-state index is 13.1. The molecule has 5 rings (SSSR count). The zero-order valence-electron chi connectivity index (χ0n) is 35.9. The molecule has 4 fully saturated rings. The van der Waals surface area contributed by atoms with Crippen molar-refractivity contribution >= 4 is 36.3 Å². The molecule has 1 aromatic rings. The Morgan fingerprint density at radius 2 is 0.774 bits per heavy atom. The number of nitrogens with zero attached hydrogens (tertiary/aromatic N) is 7. The van der Waals surface area contributed by atoms with Crippen LogP contribution < -0.4 is 20.4 Å². The van der Waals surface area contributed by atoms with E-state index in [0.717, 1.165) is 64.2 Å². The van der Waals surface area contributed by atoms with E-state index in [-0.39, 0.29) is 73.6 Å². The van der Waals surface area contributed by atoms with Crippen molar-refractivity contribution in [3.05, 3.63) is 5.28 Å². The maximum atomic E-state index is 13.1. The minimum absolute atomic E-state index is 0.00891. The van der Waals surface area contributed by atoms with Crippen LogP contribution in [0.3, 0.4) is 0 Å². The molecule has 300 valence electrons. The number of piperidine rings is 4. The van der Waals surface area contributed by atoms with E-state index in [1.54, 1.807) is 9.80 Å². The molecule has 0 spiro atoms. The third-order valence-electron chi connectivity index (χ3n) is 12.7. The quantitative estimate of drug-likeness (QED) is 0.268. The standard InChI is InChI=1S/C41H72ClN9O2/c1-34(2)17-29(18-35(3,4)46-34)50-38(9,10)21-27(22-39(50,11)12)48(25-52)32-43-31(42)44-33(45-32)49(26-53)28-23-40(13,14)51(41(15,16)24-28)30-19-36(5,6)47-37(7,8)20-30/h25-30,46-47H,17-24H2,1-16H3. The summed E-state index contributed by atoms with van der Waals surface area (Å²) in [5.41, 5.74) is -0.852. The lowest BCUT2D eigenvalue weighted by atomic mass is 9.71. The molecule has 0 aliphatic carbocycles. The summed E-state index contributed by atoms with van der Waals surface area (Å²) in [5.74, 6) is 0.373. The highest BCUT2D eigenvalue weighted by Gasteiger charge is 2.55. The van der Waals surface area contributed by atoms with E-state index in [1.807, 2.05) is 0 Å². The SMILES string of the molecule is CC1(C)CC(N2C(C)(C)CC(N(C=O)c3nc(Cl)nc(N(C=O)C4CC(C)(C)N(C5CC(C)(C)NC(C)(C)C5)C(C)(C)C4)n3)CC2(C)C)CC(C)(C)N1. The van der Waals surface area contributed by atoms with Crippen molar-refractivity contribution in [3.8, 4) is 0 Å². The predicted molar refractivity (Wildman–Crippen MR) is 217 cm³/mol. The number of hydrogen-bond acceptors (Lipinski definition) is 9. The van der Waals surface area contributed by atoms with Crippen LogP contribution in [0.25, 0.3) is 0 Å². The van der Waals surface area contributed by atoms with Gasteiger partial charge in [-0.2, -0.15) is 15.0 Å². The molecule has 0 saturated carbocycles. The highest BCUT2D eigenvalue weighted by Crippen LogP contribution is 2.48. The summed E-state index contributed by atoms with van der Waals surface area (Å²) >= 11 is 6.63. The van der Waals surface area contributed by atoms with Gasteiger partial charge < -0.3 is 10.6 Å². The van der Waals surface area contributed by atoms with Gasteiger partial charge in [-0.25, -0.2) is 0 Å². The van der Waals surface area contributed by atoms with Crippen LogP contribution in [-0.4, -0.2) is 106 Å². The second kappa shape index (κ2) is 13.6. The molecule has 4 aliphatic heterocycles. The summed E-state index contributed by atoms with van der Waals surface area (Å²) in [6.45, 7) is 36.8. The summed E-state index contributed by atoms with van der Waals surface area (Å²) in [6.07, 6.45) is 8.77. The molecule has 1 aromatic heterocycles. The van der Waals surface area contributed by atoms with Crippen molar-refractivity contribution in [1.82, 2.24) is 35.4 Å². The van der Waals surface area contributed by atoms with Gasteiger partial charge in [0.15, 0.2) is 0 Å². The van der Waals surface area contributed by atoms with Gasteiger partial charge in [-0.3, -0.25) is 29.2 Å². The largest absolute Gasteiger partial charge is 0.307 e. The molecule has 4 aliphatic rings. The second-order valence-corrected chi connectivity index (χ2v) is 22.6. The molecule has 53 heavy (non-hydrogen) atoms. The number of rotatable bonds is 8. The lowest BCUT2D eigenvalue weighted by molar-refractivity contribution is -0.113. The summed E-state index contributed by atoms with van der Waals surface area (Å²) < 4.78 is 0. The average Bonchev–Trinajstić information content (AvgIpc) is 2.87. The summed E-state index contributed by atoms with van der Waals surface area (Å²) in [4.78, 5) is 48.7. The van der Waals surface area contributed by atoms with Gasteiger partial charge in [-0.1, -0.05) is 0 Å². The molecular formula is C41H72ClN9O2. The van der Waals surface area contributed by atoms with E-state index >= 15 is 0 Å². The number of anilines is 2. The maximum Gasteiger partial charge on any atom is 0.238 e. The van der Waals surface area contributed by atoms with Gasteiger partial charge in [0.25, 0.3) is 0 Å². The van der Waals surface area contributed by atoms with Crippen molar-refractivity contribution in [2.24, 2.45) is 0 Å². The molecule has 0 unspecified atom stereocenters. The number of carbonyl (C=O) groups excluding carboxylic acids is 2. The van der Waals surface area contributed by atoms with Gasteiger partial charge in [0.2, 0.25) is 30.0 Å². The van der Waals surface area contributed by atoms with E-state index in [9.17, 15) is 9.59 Å². The number of aromatic nitrogens is 3. The van der Waals surface area contributed by atoms with Crippen molar-refractivity contribution in [2.45, 2.75) is 231 Å². The molecule has 5 heterocycles. The third-order valence-corrected chi connectivity index (χ3v) is 12.8. The van der Waals surface area contributed by atoms with Gasteiger partial charge in [-0.15, -0.1) is 0 Å². The Labute approximate surface area is 326 Å². The fraction of sp³-hybridized carbons (Fsp3) is 0.878. The van der Waals surface area contributed by atoms with Gasteiger partial charge in [0, 0.05) is 68.5 Å². The first-order valence-electron chi connectivity index (χ1n) is 20.0. The minimum Gasteiger partial charge on any atom is -0.307 e. The van der Waals surface area contributed by atoms with Crippen LogP contribution in [0.4, 0.5) is 11.9 Å². The molecule has 0 aromatic carbocycles. The van der Waals surface area contributed by atoms with Crippen molar-refractivity contribution in [3.63, 3.8) is 0 Å². The molecule has 11 nitrogen and oxygen atoms in total. The van der Waals surface area contributed by atoms with E-state index in [0.29, 0.717) is 12.1 Å². The van der Waals surface area contributed by atoms with Gasteiger partial charge >= 0.3 is 0 Å². The fourth-order valence-electron chi connectivity index (χ4n) is 12.9. The normalized spacial score (nSPS) is 28.6. The molecule has 4 saturated heterocycles. The zero-order chi connectivity index (χ0) is 40.0. The lowest BCUT2D eigenvalue weighted by Gasteiger charge is -2.62. The van der Waals surface area contributed by atoms with Crippen LogP contribution >= 0.6 is 11.6 Å². The Hall–Kier alpha value is -1.92. The molecule has 12 heteroatoms. The van der Waals surface area contributed by atoms with Crippen molar-refractivity contribution in [1.29, 1.82) is 0 Å². The van der Waals surface area contributed by atoms with Gasteiger partial charge in [0.1, 0.15) is 0 Å². The number of halogens is 1. The summed E-state index contributed by atoms with van der Waals surface area (Å²) in [6, 6.07) is 0.409. The number of hydrogen-bond donors (Lipinski definition) is 2. The summed E-state index contributed by atoms with van der Waals surface area (Å²) in [5, 5.41) is 7.65. The zero-order valence-corrected chi connectivity index (χ0v) is 36.7. The molecule has 0 bridgehead atoms. The van der Waals surface area contributed by atoms with Crippen LogP contribution in [0.5, 0.6) is 0 Å². The van der Waals surface area contributed by atoms with E-state index < -0.39 is 0 Å². The van der Waals surface area contributed by atoms with Crippen LogP contribution in [0, 0.1) is 0 Å². The Morgan fingerprint density at radius 1 is 0.509 bits per heavy atom. The smallest absolute Gasteiger partial charge is 0.238 e. The number of carbonyl (C=O) groups is 2. The predicted octanol–water partition coefficient (Wildman–Crippen LogP) is 7.11. The lowest BCUT2D eigenvalue weighted by Crippen LogP contribution is -2.71. The monoisotopic (exact) mass is 758 g/mol. The van der Waals surface area contributed by atoms with Crippen LogP contribution in [0.2, 0.25) is 5.28 Å². The molecule has 0 radical (unpaired) electrons. The van der Waals surface area contributed by atoms with Crippen LogP contribution in [0.1, 0.15) is 162 Å². The summed E-state index contributed by atoms with van der Waals surface area (Å²) in [7, 11) is 0. The Kier molecular flexibility index (Phi) is 10.9. The van der Waals surface area contributed by atoms with Gasteiger partial charge in [0.05, 0.1) is 0 Å². The fourth-order valence-corrected chi connectivity index (χ4v) is 13.1. The second-order valence-electron chi connectivity index (χ2n) is 22.3. The number of likely N-dealkylation sites (tertiary alicyclic amines) is 2. The number of amides is 2. The van der Waals surface area contributed by atoms with E-state index in [1.165, 1.54) is 0 Å². The van der Waals surface area contributed by atoms with Crippen molar-refractivity contribution < 1.29 is 9.59 Å². The first-order valence-corrected chi connectivity index (χ1v) is 20.4. The Morgan fingerprint density at radius 3 is 1.02 bits per heavy atom. The Balaban J connectivity index is 1.41. The molecule has 2 amide bonds. The van der Waals surface area contributed by atoms with E-state index in [4.69, 9.17) is 16.6 Å². The first-order chi connectivity index (χ1) is 23.9. The topological polar surface area (TPSA) is 110 Å². The highest BCUT2D eigenvalue weighted by molar-refractivity contribution is 6.28. The van der Waals surface area contributed by atoms with Gasteiger partial charge in [-0.05, 0) is 174 Å².